The quantitative estimate of drug-likeness (QED) is 0.748. The average molecular weight is 223 g/mol. The van der Waals surface area contributed by atoms with Crippen molar-refractivity contribution < 1.29 is 9.59 Å². The van der Waals surface area contributed by atoms with Crippen molar-refractivity contribution in [1.29, 1.82) is 5.26 Å². The fourth-order valence-corrected chi connectivity index (χ4v) is 2.17. The summed E-state index contributed by atoms with van der Waals surface area (Å²) in [7, 11) is 0. The number of nitrogens with two attached hydrogens (primary N) is 1. The van der Waals surface area contributed by atoms with Crippen LogP contribution in [0.2, 0.25) is 0 Å². The zero-order valence-corrected chi connectivity index (χ0v) is 9.53. The van der Waals surface area contributed by atoms with Crippen LogP contribution in [0.3, 0.4) is 0 Å². The van der Waals surface area contributed by atoms with Crippen LogP contribution in [-0.2, 0) is 9.59 Å². The zero-order chi connectivity index (χ0) is 12.2. The van der Waals surface area contributed by atoms with E-state index in [0.29, 0.717) is 19.4 Å². The van der Waals surface area contributed by atoms with Crippen LogP contribution in [0.25, 0.3) is 0 Å². The van der Waals surface area contributed by atoms with Gasteiger partial charge in [0, 0.05) is 6.54 Å². The minimum absolute atomic E-state index is 0.0984. The molecule has 2 N–H and O–H groups in total. The number of amides is 2. The van der Waals surface area contributed by atoms with Crippen LogP contribution < -0.4 is 5.73 Å². The summed E-state index contributed by atoms with van der Waals surface area (Å²) >= 11 is 0. The predicted molar refractivity (Wildman–Crippen MR) is 58.0 cm³/mol. The summed E-state index contributed by atoms with van der Waals surface area (Å²) in [6.45, 7) is 2.09. The molecule has 0 saturated heterocycles. The Morgan fingerprint density at radius 2 is 2.00 bits per heavy atom. The topological polar surface area (TPSA) is 87.2 Å². The second-order valence-electron chi connectivity index (χ2n) is 4.19. The largest absolute Gasteiger partial charge is 0.368 e. The number of nitrogens with zero attached hydrogens (tertiary/aromatic N) is 2. The summed E-state index contributed by atoms with van der Waals surface area (Å²) in [4.78, 5) is 24.4. The first kappa shape index (κ1) is 12.5. The Morgan fingerprint density at radius 3 is 2.38 bits per heavy atom. The van der Waals surface area contributed by atoms with E-state index in [-0.39, 0.29) is 12.5 Å². The van der Waals surface area contributed by atoms with Gasteiger partial charge in [0.1, 0.15) is 5.41 Å². The molecule has 5 nitrogen and oxygen atoms in total. The maximum absolute atomic E-state index is 12.2. The van der Waals surface area contributed by atoms with E-state index in [0.717, 1.165) is 12.8 Å². The molecule has 5 heteroatoms. The number of rotatable bonds is 4. The SMILES string of the molecule is CCN(CC(N)=O)C(=O)C1(C#N)CCCC1. The Labute approximate surface area is 95.2 Å². The lowest BCUT2D eigenvalue weighted by atomic mass is 9.86. The lowest BCUT2D eigenvalue weighted by molar-refractivity contribution is -0.141. The maximum Gasteiger partial charge on any atom is 0.243 e. The summed E-state index contributed by atoms with van der Waals surface area (Å²) in [5.41, 5.74) is 4.16. The van der Waals surface area contributed by atoms with Gasteiger partial charge in [0.2, 0.25) is 11.8 Å². The van der Waals surface area contributed by atoms with E-state index in [9.17, 15) is 9.59 Å². The summed E-state index contributed by atoms with van der Waals surface area (Å²) in [6, 6.07) is 2.12. The molecule has 0 radical (unpaired) electrons. The van der Waals surface area contributed by atoms with Crippen LogP contribution in [0.15, 0.2) is 0 Å². The molecule has 1 aliphatic carbocycles. The number of hydrogen-bond acceptors (Lipinski definition) is 3. The Morgan fingerprint density at radius 1 is 1.44 bits per heavy atom. The van der Waals surface area contributed by atoms with E-state index in [1.54, 1.807) is 6.92 Å². The first-order valence-corrected chi connectivity index (χ1v) is 5.54. The minimum Gasteiger partial charge on any atom is -0.368 e. The Bertz CT molecular complexity index is 327. The first-order valence-electron chi connectivity index (χ1n) is 5.54. The van der Waals surface area contributed by atoms with Gasteiger partial charge < -0.3 is 10.6 Å². The van der Waals surface area contributed by atoms with Crippen molar-refractivity contribution in [1.82, 2.24) is 4.90 Å². The van der Waals surface area contributed by atoms with Gasteiger partial charge in [-0.15, -0.1) is 0 Å². The highest BCUT2D eigenvalue weighted by molar-refractivity contribution is 5.89. The molecule has 1 saturated carbocycles. The van der Waals surface area contributed by atoms with Gasteiger partial charge in [-0.25, -0.2) is 0 Å². The zero-order valence-electron chi connectivity index (χ0n) is 9.53. The number of nitriles is 1. The average Bonchev–Trinajstić information content (AvgIpc) is 2.74. The third-order valence-corrected chi connectivity index (χ3v) is 3.10. The number of primary amides is 1. The van der Waals surface area contributed by atoms with E-state index in [4.69, 9.17) is 11.0 Å². The first-order chi connectivity index (χ1) is 7.55. The van der Waals surface area contributed by atoms with Crippen LogP contribution in [0.5, 0.6) is 0 Å². The van der Waals surface area contributed by atoms with Crippen LogP contribution in [-0.4, -0.2) is 29.8 Å². The van der Waals surface area contributed by atoms with Gasteiger partial charge >= 0.3 is 0 Å². The molecule has 0 unspecified atom stereocenters. The summed E-state index contributed by atoms with van der Waals surface area (Å²) in [5, 5.41) is 9.15. The van der Waals surface area contributed by atoms with E-state index in [1.807, 2.05) is 0 Å². The molecule has 16 heavy (non-hydrogen) atoms. The van der Waals surface area contributed by atoms with Gasteiger partial charge in [-0.05, 0) is 19.8 Å². The molecule has 0 aromatic carbocycles. The molecule has 0 bridgehead atoms. The van der Waals surface area contributed by atoms with Crippen LogP contribution in [0, 0.1) is 16.7 Å². The van der Waals surface area contributed by atoms with Gasteiger partial charge in [-0.1, -0.05) is 12.8 Å². The van der Waals surface area contributed by atoms with Crippen molar-refractivity contribution in [3.8, 4) is 6.07 Å². The van der Waals surface area contributed by atoms with E-state index in [2.05, 4.69) is 6.07 Å². The lowest BCUT2D eigenvalue weighted by Gasteiger charge is -2.27. The molecule has 1 aliphatic rings. The molecule has 0 atom stereocenters. The van der Waals surface area contributed by atoms with Crippen LogP contribution >= 0.6 is 0 Å². The summed E-state index contributed by atoms with van der Waals surface area (Å²) in [5.74, 6) is -0.782. The van der Waals surface area contributed by atoms with Gasteiger partial charge in [0.25, 0.3) is 0 Å². The third-order valence-electron chi connectivity index (χ3n) is 3.10. The highest BCUT2D eigenvalue weighted by atomic mass is 16.2. The van der Waals surface area contributed by atoms with Crippen LogP contribution in [0.1, 0.15) is 32.6 Å². The predicted octanol–water partition coefficient (Wildman–Crippen LogP) is 0.404. The van der Waals surface area contributed by atoms with Gasteiger partial charge in [-0.2, -0.15) is 5.26 Å². The third kappa shape index (κ3) is 2.32. The van der Waals surface area contributed by atoms with E-state index < -0.39 is 11.3 Å². The molecular weight excluding hydrogens is 206 g/mol. The molecule has 0 spiro atoms. The standard InChI is InChI=1S/C11H17N3O2/c1-2-14(7-9(13)15)10(16)11(8-12)5-3-4-6-11/h2-7H2,1H3,(H2,13,15). The highest BCUT2D eigenvalue weighted by Crippen LogP contribution is 2.39. The van der Waals surface area contributed by atoms with Gasteiger partial charge in [-0.3, -0.25) is 9.59 Å². The second kappa shape index (κ2) is 4.97. The molecule has 0 aromatic rings. The summed E-state index contributed by atoms with van der Waals surface area (Å²) < 4.78 is 0. The summed E-state index contributed by atoms with van der Waals surface area (Å²) in [6.07, 6.45) is 2.98. The number of likely N-dealkylation sites (N-methyl/N-ethyl adjacent to an activating group) is 1. The Balaban J connectivity index is 2.81. The molecule has 88 valence electrons. The fraction of sp³-hybridized carbons (Fsp3) is 0.727. The van der Waals surface area contributed by atoms with Gasteiger partial charge in [0.15, 0.2) is 0 Å². The molecule has 1 rings (SSSR count). The molecule has 1 fully saturated rings. The van der Waals surface area contributed by atoms with Crippen LogP contribution in [0.4, 0.5) is 0 Å². The minimum atomic E-state index is -0.911. The smallest absolute Gasteiger partial charge is 0.243 e. The van der Waals surface area contributed by atoms with E-state index in [1.165, 1.54) is 4.90 Å². The van der Waals surface area contributed by atoms with Crippen molar-refractivity contribution in [2.24, 2.45) is 11.1 Å². The van der Waals surface area contributed by atoms with Crippen molar-refractivity contribution in [3.05, 3.63) is 0 Å². The second-order valence-corrected chi connectivity index (χ2v) is 4.19. The van der Waals surface area contributed by atoms with Crippen molar-refractivity contribution >= 4 is 11.8 Å². The lowest BCUT2D eigenvalue weighted by Crippen LogP contribution is -2.45. The number of hydrogen-bond donors (Lipinski definition) is 1. The van der Waals surface area contributed by atoms with Crippen molar-refractivity contribution in [2.75, 3.05) is 13.1 Å². The van der Waals surface area contributed by atoms with Crippen molar-refractivity contribution in [2.45, 2.75) is 32.6 Å². The van der Waals surface area contributed by atoms with Gasteiger partial charge in [0.05, 0.1) is 12.6 Å². The monoisotopic (exact) mass is 223 g/mol. The Hall–Kier alpha value is -1.57. The molecule has 0 heterocycles. The maximum atomic E-state index is 12.2. The van der Waals surface area contributed by atoms with E-state index >= 15 is 0 Å². The molecular formula is C11H17N3O2. The molecule has 0 aliphatic heterocycles. The van der Waals surface area contributed by atoms with Crippen molar-refractivity contribution in [3.63, 3.8) is 0 Å². The molecule has 2 amide bonds. The highest BCUT2D eigenvalue weighted by Gasteiger charge is 2.43. The number of carbonyl (C=O) groups is 2. The normalized spacial score (nSPS) is 17.8. The number of carbonyl (C=O) groups excluding carboxylic acids is 2. The fourth-order valence-electron chi connectivity index (χ4n) is 2.17. The molecule has 0 aromatic heterocycles. The Kier molecular flexibility index (Phi) is 3.88.